The number of amides is 1. The zero-order valence-electron chi connectivity index (χ0n) is 14.5. The van der Waals surface area contributed by atoms with Crippen LogP contribution in [-0.2, 0) is 11.4 Å². The molecule has 0 aromatic heterocycles. The van der Waals surface area contributed by atoms with Crippen molar-refractivity contribution < 1.29 is 14.6 Å². The summed E-state index contributed by atoms with van der Waals surface area (Å²) >= 11 is 1.48. The quantitative estimate of drug-likeness (QED) is 0.707. The van der Waals surface area contributed by atoms with E-state index >= 15 is 0 Å². The average Bonchev–Trinajstić information content (AvgIpc) is 2.84. The summed E-state index contributed by atoms with van der Waals surface area (Å²) in [6.07, 6.45) is -1.13. The minimum absolute atomic E-state index is 0.378. The van der Waals surface area contributed by atoms with Gasteiger partial charge in [0.2, 0.25) is 0 Å². The van der Waals surface area contributed by atoms with E-state index in [9.17, 15) is 9.90 Å². The van der Waals surface area contributed by atoms with Crippen LogP contribution in [0.1, 0.15) is 16.4 Å². The first-order valence-electron chi connectivity index (χ1n) is 8.72. The Labute approximate surface area is 162 Å². The molecule has 4 nitrogen and oxygen atoms in total. The highest BCUT2D eigenvalue weighted by molar-refractivity contribution is 7.99. The van der Waals surface area contributed by atoms with Gasteiger partial charge in [-0.3, -0.25) is 4.79 Å². The van der Waals surface area contributed by atoms with Gasteiger partial charge in [-0.15, -0.1) is 11.8 Å². The molecule has 2 unspecified atom stereocenters. The Kier molecular flexibility index (Phi) is 5.14. The topological polar surface area (TPSA) is 58.6 Å². The van der Waals surface area contributed by atoms with Crippen LogP contribution in [0.3, 0.4) is 0 Å². The average molecular weight is 377 g/mol. The third-order valence-electron chi connectivity index (χ3n) is 4.41. The number of para-hydroxylation sites is 1. The zero-order valence-corrected chi connectivity index (χ0v) is 15.4. The molecule has 5 heteroatoms. The zero-order chi connectivity index (χ0) is 18.6. The summed E-state index contributed by atoms with van der Waals surface area (Å²) < 4.78 is 5.81. The number of hydrogen-bond acceptors (Lipinski definition) is 4. The van der Waals surface area contributed by atoms with Crippen LogP contribution >= 0.6 is 11.8 Å². The minimum atomic E-state index is -1.13. The van der Waals surface area contributed by atoms with Crippen molar-refractivity contribution >= 4 is 23.4 Å². The first-order valence-corrected chi connectivity index (χ1v) is 9.60. The fraction of sp³-hybridized carbons (Fsp3) is 0.136. The van der Waals surface area contributed by atoms with Gasteiger partial charge in [-0.05, 0) is 35.4 Å². The molecule has 0 aliphatic carbocycles. The predicted molar refractivity (Wildman–Crippen MR) is 107 cm³/mol. The van der Waals surface area contributed by atoms with E-state index in [1.54, 1.807) is 0 Å². The molecule has 1 heterocycles. The molecule has 0 fully saturated rings. The molecular formula is C22H19NO3S. The van der Waals surface area contributed by atoms with E-state index in [-0.39, 0.29) is 11.2 Å². The van der Waals surface area contributed by atoms with Crippen molar-refractivity contribution in [2.24, 2.45) is 0 Å². The van der Waals surface area contributed by atoms with Gasteiger partial charge < -0.3 is 15.2 Å². The van der Waals surface area contributed by atoms with Crippen LogP contribution in [0.2, 0.25) is 0 Å². The van der Waals surface area contributed by atoms with Crippen molar-refractivity contribution in [3.63, 3.8) is 0 Å². The largest absolute Gasteiger partial charge is 0.489 e. The van der Waals surface area contributed by atoms with Crippen LogP contribution in [-0.4, -0.2) is 17.1 Å². The Morgan fingerprint density at radius 1 is 0.926 bits per heavy atom. The van der Waals surface area contributed by atoms with E-state index in [0.717, 1.165) is 27.5 Å². The van der Waals surface area contributed by atoms with E-state index in [1.165, 1.54) is 11.8 Å². The van der Waals surface area contributed by atoms with E-state index in [2.05, 4.69) is 5.32 Å². The highest BCUT2D eigenvalue weighted by Gasteiger charge is 2.32. The normalized spacial score (nSPS) is 18.9. The molecule has 1 aliphatic rings. The lowest BCUT2D eigenvalue weighted by Crippen LogP contribution is -2.30. The highest BCUT2D eigenvalue weighted by atomic mass is 32.2. The summed E-state index contributed by atoms with van der Waals surface area (Å²) in [5.41, 5.74) is 2.72. The molecule has 4 rings (SSSR count). The molecule has 3 aromatic carbocycles. The van der Waals surface area contributed by atoms with E-state index in [0.29, 0.717) is 6.61 Å². The SMILES string of the molecule is O=C1Nc2ccccc2SC(c2ccc(OCc3ccccc3)cc2)C1O. The second kappa shape index (κ2) is 7.86. The Morgan fingerprint density at radius 3 is 2.41 bits per heavy atom. The number of nitrogens with one attached hydrogen (secondary N) is 1. The van der Waals surface area contributed by atoms with Gasteiger partial charge in [-0.2, -0.15) is 0 Å². The summed E-state index contributed by atoms with van der Waals surface area (Å²) in [7, 11) is 0. The van der Waals surface area contributed by atoms with Crippen LogP contribution in [0.15, 0.2) is 83.8 Å². The van der Waals surface area contributed by atoms with Crippen molar-refractivity contribution in [1.29, 1.82) is 0 Å². The number of carbonyl (C=O) groups excluding carboxylic acids is 1. The molecule has 0 spiro atoms. The summed E-state index contributed by atoms with van der Waals surface area (Å²) in [5.74, 6) is 0.363. The molecule has 0 radical (unpaired) electrons. The van der Waals surface area contributed by atoms with Crippen LogP contribution in [0.25, 0.3) is 0 Å². The summed E-state index contributed by atoms with van der Waals surface area (Å²) in [5, 5.41) is 12.9. The maximum atomic E-state index is 12.3. The molecule has 1 aliphatic heterocycles. The maximum absolute atomic E-state index is 12.3. The highest BCUT2D eigenvalue weighted by Crippen LogP contribution is 2.43. The lowest BCUT2D eigenvalue weighted by atomic mass is 10.1. The number of thioether (sulfide) groups is 1. The number of aliphatic hydroxyl groups is 1. The molecule has 0 bridgehead atoms. The van der Waals surface area contributed by atoms with Gasteiger partial charge in [0.15, 0.2) is 0 Å². The van der Waals surface area contributed by atoms with Crippen molar-refractivity contribution in [2.45, 2.75) is 22.9 Å². The molecule has 136 valence electrons. The number of carbonyl (C=O) groups is 1. The van der Waals surface area contributed by atoms with Crippen LogP contribution < -0.4 is 10.1 Å². The van der Waals surface area contributed by atoms with Gasteiger partial charge in [0, 0.05) is 4.90 Å². The Morgan fingerprint density at radius 2 is 1.63 bits per heavy atom. The Hall–Kier alpha value is -2.76. The first-order chi connectivity index (χ1) is 13.2. The molecule has 1 amide bonds. The smallest absolute Gasteiger partial charge is 0.254 e. The molecule has 0 saturated carbocycles. The van der Waals surface area contributed by atoms with Crippen LogP contribution in [0.5, 0.6) is 5.75 Å². The standard InChI is InChI=1S/C22H19NO3S/c24-20-21(27-19-9-5-4-8-18(19)23-22(20)25)16-10-12-17(13-11-16)26-14-15-6-2-1-3-7-15/h1-13,20-21,24H,14H2,(H,23,25). The van der Waals surface area contributed by atoms with Crippen molar-refractivity contribution in [3.8, 4) is 5.75 Å². The van der Waals surface area contributed by atoms with Crippen molar-refractivity contribution in [1.82, 2.24) is 0 Å². The number of aliphatic hydroxyl groups excluding tert-OH is 1. The fourth-order valence-corrected chi connectivity index (χ4v) is 4.19. The summed E-state index contributed by atoms with van der Waals surface area (Å²) in [6.45, 7) is 0.497. The molecule has 2 atom stereocenters. The first kappa shape index (κ1) is 17.6. The second-order valence-electron chi connectivity index (χ2n) is 6.31. The molecule has 0 saturated heterocycles. The Balaban J connectivity index is 1.51. The van der Waals surface area contributed by atoms with Gasteiger partial charge in [0.1, 0.15) is 18.5 Å². The molecular weight excluding hydrogens is 358 g/mol. The van der Waals surface area contributed by atoms with Gasteiger partial charge in [-0.1, -0.05) is 54.6 Å². The lowest BCUT2D eigenvalue weighted by Gasteiger charge is -2.19. The molecule has 2 N–H and O–H groups in total. The van der Waals surface area contributed by atoms with Gasteiger partial charge in [0.25, 0.3) is 5.91 Å². The third-order valence-corrected chi connectivity index (χ3v) is 5.81. The summed E-state index contributed by atoms with van der Waals surface area (Å²) in [4.78, 5) is 13.2. The van der Waals surface area contributed by atoms with Crippen LogP contribution in [0.4, 0.5) is 5.69 Å². The lowest BCUT2D eigenvalue weighted by molar-refractivity contribution is -0.124. The summed E-state index contributed by atoms with van der Waals surface area (Å²) in [6, 6.07) is 25.1. The fourth-order valence-electron chi connectivity index (χ4n) is 2.96. The van der Waals surface area contributed by atoms with E-state index in [4.69, 9.17) is 4.74 Å². The van der Waals surface area contributed by atoms with Gasteiger partial charge >= 0.3 is 0 Å². The predicted octanol–water partition coefficient (Wildman–Crippen LogP) is 4.41. The second-order valence-corrected chi connectivity index (χ2v) is 7.50. The van der Waals surface area contributed by atoms with Crippen molar-refractivity contribution in [2.75, 3.05) is 5.32 Å². The molecule has 27 heavy (non-hydrogen) atoms. The van der Waals surface area contributed by atoms with Crippen molar-refractivity contribution in [3.05, 3.63) is 90.0 Å². The number of hydrogen-bond donors (Lipinski definition) is 2. The monoisotopic (exact) mass is 377 g/mol. The number of ether oxygens (including phenoxy) is 1. The van der Waals surface area contributed by atoms with Gasteiger partial charge in [0.05, 0.1) is 10.9 Å². The number of fused-ring (bicyclic) bond motifs is 1. The van der Waals surface area contributed by atoms with Gasteiger partial charge in [-0.25, -0.2) is 0 Å². The van der Waals surface area contributed by atoms with E-state index in [1.807, 2.05) is 78.9 Å². The van der Waals surface area contributed by atoms with Crippen LogP contribution in [0, 0.1) is 0 Å². The number of anilines is 1. The maximum Gasteiger partial charge on any atom is 0.254 e. The minimum Gasteiger partial charge on any atom is -0.489 e. The number of rotatable bonds is 4. The third kappa shape index (κ3) is 3.99. The van der Waals surface area contributed by atoms with E-state index < -0.39 is 6.10 Å². The molecule has 3 aromatic rings. The Bertz CT molecular complexity index is 928. The number of benzene rings is 3.